The number of nitrogens with zero attached hydrogens (tertiary/aromatic N) is 1. The van der Waals surface area contributed by atoms with Gasteiger partial charge in [0, 0.05) is 23.7 Å². The Kier molecular flexibility index (Phi) is 4.58. The minimum absolute atomic E-state index is 0.161. The molecule has 0 atom stereocenters. The summed E-state index contributed by atoms with van der Waals surface area (Å²) in [5.41, 5.74) is 8.08. The van der Waals surface area contributed by atoms with Crippen molar-refractivity contribution in [3.63, 3.8) is 0 Å². The van der Waals surface area contributed by atoms with Gasteiger partial charge in [-0.2, -0.15) is 0 Å². The van der Waals surface area contributed by atoms with Crippen LogP contribution in [0.2, 0.25) is 0 Å². The van der Waals surface area contributed by atoms with Crippen LogP contribution in [0.3, 0.4) is 0 Å². The van der Waals surface area contributed by atoms with Crippen LogP contribution in [0, 0.1) is 0 Å². The monoisotopic (exact) mass is 234 g/mol. The van der Waals surface area contributed by atoms with Crippen LogP contribution in [0.15, 0.2) is 24.3 Å². The van der Waals surface area contributed by atoms with E-state index < -0.39 is 0 Å². The van der Waals surface area contributed by atoms with E-state index in [1.54, 1.807) is 0 Å². The van der Waals surface area contributed by atoms with Crippen LogP contribution in [0.25, 0.3) is 0 Å². The van der Waals surface area contributed by atoms with E-state index in [0.717, 1.165) is 18.8 Å². The molecule has 0 spiro atoms. The number of rotatable bonds is 5. The lowest BCUT2D eigenvalue weighted by atomic mass is 9.83. The molecular weight excluding hydrogens is 208 g/mol. The first-order valence-electron chi connectivity index (χ1n) is 6.47. The summed E-state index contributed by atoms with van der Waals surface area (Å²) in [6, 6.07) is 8.85. The third-order valence-electron chi connectivity index (χ3n) is 3.43. The van der Waals surface area contributed by atoms with Crippen LogP contribution in [-0.2, 0) is 5.41 Å². The zero-order valence-corrected chi connectivity index (χ0v) is 11.8. The topological polar surface area (TPSA) is 29.3 Å². The molecule has 0 aliphatic carbocycles. The minimum Gasteiger partial charge on any atom is -0.399 e. The van der Waals surface area contributed by atoms with Gasteiger partial charge in [-0.1, -0.05) is 32.9 Å². The van der Waals surface area contributed by atoms with Gasteiger partial charge in [0.1, 0.15) is 0 Å². The smallest absolute Gasteiger partial charge is 0.0314 e. The Morgan fingerprint density at radius 1 is 1.18 bits per heavy atom. The average Bonchev–Trinajstić information content (AvgIpc) is 2.26. The van der Waals surface area contributed by atoms with E-state index in [-0.39, 0.29) is 5.41 Å². The molecule has 0 radical (unpaired) electrons. The molecule has 2 N–H and O–H groups in total. The SMILES string of the molecule is CCN(CC(C)(C)c1ccc(N)cc1)C(C)C. The lowest BCUT2D eigenvalue weighted by Crippen LogP contribution is -2.40. The molecule has 0 saturated carbocycles. The number of likely N-dealkylation sites (N-methyl/N-ethyl adjacent to an activating group) is 1. The zero-order chi connectivity index (χ0) is 13.1. The van der Waals surface area contributed by atoms with Crippen molar-refractivity contribution in [2.45, 2.75) is 46.1 Å². The molecule has 0 fully saturated rings. The van der Waals surface area contributed by atoms with Gasteiger partial charge in [-0.05, 0) is 38.1 Å². The molecule has 2 nitrogen and oxygen atoms in total. The fraction of sp³-hybridized carbons (Fsp3) is 0.600. The molecule has 0 unspecified atom stereocenters. The molecular formula is C15H26N2. The van der Waals surface area contributed by atoms with Crippen molar-refractivity contribution in [3.05, 3.63) is 29.8 Å². The normalized spacial score (nSPS) is 12.4. The molecule has 0 amide bonds. The third-order valence-corrected chi connectivity index (χ3v) is 3.43. The summed E-state index contributed by atoms with van der Waals surface area (Å²) >= 11 is 0. The van der Waals surface area contributed by atoms with Crippen LogP contribution in [0.4, 0.5) is 5.69 Å². The third kappa shape index (κ3) is 3.74. The predicted molar refractivity (Wildman–Crippen MR) is 76.3 cm³/mol. The van der Waals surface area contributed by atoms with Gasteiger partial charge >= 0.3 is 0 Å². The molecule has 0 heterocycles. The van der Waals surface area contributed by atoms with E-state index in [9.17, 15) is 0 Å². The molecule has 0 aromatic heterocycles. The predicted octanol–water partition coefficient (Wildman–Crippen LogP) is 3.28. The van der Waals surface area contributed by atoms with Crippen LogP contribution in [0.1, 0.15) is 40.2 Å². The van der Waals surface area contributed by atoms with Crippen LogP contribution in [0.5, 0.6) is 0 Å². The molecule has 2 heteroatoms. The van der Waals surface area contributed by atoms with Crippen molar-refractivity contribution in [1.29, 1.82) is 0 Å². The fourth-order valence-corrected chi connectivity index (χ4v) is 2.19. The molecule has 0 aliphatic rings. The summed E-state index contributed by atoms with van der Waals surface area (Å²) in [6.07, 6.45) is 0. The Hall–Kier alpha value is -1.02. The van der Waals surface area contributed by atoms with Gasteiger partial charge in [0.05, 0.1) is 0 Å². The number of hydrogen-bond donors (Lipinski definition) is 1. The summed E-state index contributed by atoms with van der Waals surface area (Å²) in [5.74, 6) is 0. The second-order valence-electron chi connectivity index (χ2n) is 5.66. The largest absolute Gasteiger partial charge is 0.399 e. The average molecular weight is 234 g/mol. The molecule has 96 valence electrons. The Morgan fingerprint density at radius 3 is 2.12 bits per heavy atom. The van der Waals surface area contributed by atoms with Gasteiger partial charge in [0.25, 0.3) is 0 Å². The number of hydrogen-bond acceptors (Lipinski definition) is 2. The molecule has 0 saturated heterocycles. The summed E-state index contributed by atoms with van der Waals surface area (Å²) in [4.78, 5) is 2.50. The van der Waals surface area contributed by atoms with E-state index in [4.69, 9.17) is 5.73 Å². The van der Waals surface area contributed by atoms with Crippen molar-refractivity contribution in [2.24, 2.45) is 0 Å². The van der Waals surface area contributed by atoms with E-state index in [2.05, 4.69) is 51.7 Å². The molecule has 1 rings (SSSR count). The highest BCUT2D eigenvalue weighted by Crippen LogP contribution is 2.25. The Labute approximate surface area is 106 Å². The maximum Gasteiger partial charge on any atom is 0.0314 e. The number of benzene rings is 1. The van der Waals surface area contributed by atoms with Crippen molar-refractivity contribution < 1.29 is 0 Å². The number of nitrogens with two attached hydrogens (primary N) is 1. The van der Waals surface area contributed by atoms with Gasteiger partial charge in [0.15, 0.2) is 0 Å². The summed E-state index contributed by atoms with van der Waals surface area (Å²) in [7, 11) is 0. The molecule has 17 heavy (non-hydrogen) atoms. The minimum atomic E-state index is 0.161. The maximum absolute atomic E-state index is 5.74. The lowest BCUT2D eigenvalue weighted by molar-refractivity contribution is 0.190. The first-order valence-corrected chi connectivity index (χ1v) is 6.47. The van der Waals surface area contributed by atoms with Crippen LogP contribution in [-0.4, -0.2) is 24.0 Å². The summed E-state index contributed by atoms with van der Waals surface area (Å²) in [5, 5.41) is 0. The number of anilines is 1. The van der Waals surface area contributed by atoms with Gasteiger partial charge in [0.2, 0.25) is 0 Å². The first-order chi connectivity index (χ1) is 7.86. The quantitative estimate of drug-likeness (QED) is 0.792. The highest BCUT2D eigenvalue weighted by atomic mass is 15.1. The second-order valence-corrected chi connectivity index (χ2v) is 5.66. The van der Waals surface area contributed by atoms with Gasteiger partial charge < -0.3 is 10.6 Å². The Balaban J connectivity index is 2.83. The van der Waals surface area contributed by atoms with E-state index in [1.165, 1.54) is 5.56 Å². The lowest BCUT2D eigenvalue weighted by Gasteiger charge is -2.35. The van der Waals surface area contributed by atoms with E-state index in [1.807, 2.05) is 12.1 Å². The Bertz CT molecular complexity index is 338. The fourth-order valence-electron chi connectivity index (χ4n) is 2.19. The zero-order valence-electron chi connectivity index (χ0n) is 11.8. The number of nitrogen functional groups attached to an aromatic ring is 1. The van der Waals surface area contributed by atoms with Crippen LogP contribution < -0.4 is 5.73 Å². The highest BCUT2D eigenvalue weighted by molar-refractivity contribution is 5.41. The summed E-state index contributed by atoms with van der Waals surface area (Å²) in [6.45, 7) is 13.5. The van der Waals surface area contributed by atoms with Gasteiger partial charge in [-0.25, -0.2) is 0 Å². The van der Waals surface area contributed by atoms with E-state index >= 15 is 0 Å². The maximum atomic E-state index is 5.74. The summed E-state index contributed by atoms with van der Waals surface area (Å²) < 4.78 is 0. The first kappa shape index (κ1) is 14.0. The van der Waals surface area contributed by atoms with Crippen molar-refractivity contribution in [2.75, 3.05) is 18.8 Å². The van der Waals surface area contributed by atoms with Crippen molar-refractivity contribution in [1.82, 2.24) is 4.90 Å². The molecule has 1 aromatic rings. The Morgan fingerprint density at radius 2 is 1.71 bits per heavy atom. The molecule has 0 bridgehead atoms. The van der Waals surface area contributed by atoms with Gasteiger partial charge in [-0.15, -0.1) is 0 Å². The van der Waals surface area contributed by atoms with Crippen molar-refractivity contribution in [3.8, 4) is 0 Å². The van der Waals surface area contributed by atoms with E-state index in [0.29, 0.717) is 6.04 Å². The molecule has 0 aliphatic heterocycles. The highest BCUT2D eigenvalue weighted by Gasteiger charge is 2.24. The van der Waals surface area contributed by atoms with Crippen LogP contribution >= 0.6 is 0 Å². The standard InChI is InChI=1S/C15H26N2/c1-6-17(12(2)3)11-15(4,5)13-7-9-14(16)10-8-13/h7-10,12H,6,11,16H2,1-5H3. The van der Waals surface area contributed by atoms with Crippen molar-refractivity contribution >= 4 is 5.69 Å². The molecule has 1 aromatic carbocycles. The second kappa shape index (κ2) is 5.54. The van der Waals surface area contributed by atoms with Gasteiger partial charge in [-0.3, -0.25) is 0 Å².